The van der Waals surface area contributed by atoms with Crippen LogP contribution in [-0.4, -0.2) is 19.9 Å². The van der Waals surface area contributed by atoms with Crippen LogP contribution in [0.25, 0.3) is 22.1 Å². The molecule has 0 amide bonds. The number of imidazole rings is 2. The normalized spacial score (nSPS) is 10.6. The molecule has 0 fully saturated rings. The minimum absolute atomic E-state index is 1.03. The van der Waals surface area contributed by atoms with Crippen LogP contribution in [0.5, 0.6) is 0 Å². The van der Waals surface area contributed by atoms with Crippen molar-refractivity contribution >= 4 is 61.5 Å². The minimum Gasteiger partial charge on any atom is -0.345 e. The zero-order valence-corrected chi connectivity index (χ0v) is 16.0. The van der Waals surface area contributed by atoms with Gasteiger partial charge in [0.1, 0.15) is 0 Å². The van der Waals surface area contributed by atoms with E-state index < -0.39 is 10.2 Å². The minimum atomic E-state index is -2.99. The number of aromatic amines is 2. The van der Waals surface area contributed by atoms with Gasteiger partial charge in [-0.15, -0.1) is 0 Å². The number of H-pyrrole nitrogens is 2. The summed E-state index contributed by atoms with van der Waals surface area (Å²) in [5, 5.41) is 0. The second-order valence-corrected chi connectivity index (χ2v) is 18.1. The molecule has 0 unspecified atom stereocenters. The Morgan fingerprint density at radius 3 is 1.35 bits per heavy atom. The molecule has 0 aliphatic carbocycles. The van der Waals surface area contributed by atoms with Gasteiger partial charge in [-0.3, -0.25) is 0 Å². The molecule has 0 aliphatic heterocycles. The van der Waals surface area contributed by atoms with Crippen LogP contribution in [0.1, 0.15) is 0 Å². The first-order valence-corrected chi connectivity index (χ1v) is 14.1. The van der Waals surface area contributed by atoms with Crippen molar-refractivity contribution in [1.82, 2.24) is 19.9 Å². The Morgan fingerprint density at radius 1 is 0.652 bits per heavy atom. The van der Waals surface area contributed by atoms with Gasteiger partial charge < -0.3 is 9.97 Å². The standard InChI is InChI=1S/2C7H6N2.4ClH.V/c2*1-2-4-7-6(3-1)8-5-9-7;;;;;/h2*1-5H,(H,8,9);4*1H;/q;;;;;;+4/p-4. The Labute approximate surface area is 152 Å². The van der Waals surface area contributed by atoms with Gasteiger partial charge in [-0.25, -0.2) is 9.97 Å². The molecule has 0 bridgehead atoms. The Morgan fingerprint density at radius 2 is 1.00 bits per heavy atom. The SMILES string of the molecule is [Cl][V]([Cl])([Cl])[Cl].c1ccc2[nH]cnc2c1.c1ccc2[nH]cnc2c1. The molecule has 2 aromatic carbocycles. The molecule has 0 radical (unpaired) electrons. The Balaban J connectivity index is 0.000000132. The van der Waals surface area contributed by atoms with Crippen molar-refractivity contribution < 1.29 is 10.2 Å². The van der Waals surface area contributed by atoms with Crippen LogP contribution in [0.4, 0.5) is 0 Å². The van der Waals surface area contributed by atoms with E-state index in [0.29, 0.717) is 0 Å². The number of hydrogen-bond acceptors (Lipinski definition) is 2. The van der Waals surface area contributed by atoms with E-state index >= 15 is 0 Å². The second kappa shape index (κ2) is 8.83. The molecule has 9 heteroatoms. The summed E-state index contributed by atoms with van der Waals surface area (Å²) in [6.45, 7) is 0. The maximum absolute atomic E-state index is 5.00. The van der Waals surface area contributed by atoms with Crippen molar-refractivity contribution in [2.75, 3.05) is 0 Å². The van der Waals surface area contributed by atoms with Crippen LogP contribution in [0.2, 0.25) is 0 Å². The number of hydrogen-bond donors (Lipinski definition) is 2. The third kappa shape index (κ3) is 7.04. The van der Waals surface area contributed by atoms with Crippen LogP contribution < -0.4 is 0 Å². The smallest absolute Gasteiger partial charge is 0.0931 e. The monoisotopic (exact) mass is 427 g/mol. The van der Waals surface area contributed by atoms with Gasteiger partial charge in [0, 0.05) is 0 Å². The van der Waals surface area contributed by atoms with E-state index in [2.05, 4.69) is 19.9 Å². The second-order valence-electron chi connectivity index (χ2n) is 4.22. The van der Waals surface area contributed by atoms with Gasteiger partial charge in [0.15, 0.2) is 0 Å². The number of benzene rings is 2. The average molecular weight is 429 g/mol. The van der Waals surface area contributed by atoms with E-state index in [1.807, 2.05) is 48.5 Å². The number of fused-ring (bicyclic) bond motifs is 2. The third-order valence-electron chi connectivity index (χ3n) is 2.66. The van der Waals surface area contributed by atoms with Gasteiger partial charge in [0.2, 0.25) is 0 Å². The van der Waals surface area contributed by atoms with Crippen LogP contribution >= 0.6 is 39.4 Å². The summed E-state index contributed by atoms with van der Waals surface area (Å²) < 4.78 is 0. The predicted molar refractivity (Wildman–Crippen MR) is 95.6 cm³/mol. The molecule has 2 heterocycles. The topological polar surface area (TPSA) is 57.4 Å². The molecule has 121 valence electrons. The first kappa shape index (κ1) is 18.5. The molecular weight excluding hydrogens is 417 g/mol. The van der Waals surface area contributed by atoms with E-state index in [-0.39, 0.29) is 0 Å². The summed E-state index contributed by atoms with van der Waals surface area (Å²) in [4.78, 5) is 14.1. The molecule has 0 atom stereocenters. The van der Waals surface area contributed by atoms with Crippen molar-refractivity contribution in [3.63, 3.8) is 0 Å². The summed E-state index contributed by atoms with van der Waals surface area (Å²) >= 11 is 0. The maximum atomic E-state index is 5.00. The first-order valence-electron chi connectivity index (χ1n) is 6.37. The number of para-hydroxylation sites is 4. The average Bonchev–Trinajstić information content (AvgIpc) is 3.15. The summed E-state index contributed by atoms with van der Waals surface area (Å²) in [5.41, 5.74) is 4.24. The Hall–Kier alpha value is -0.876. The van der Waals surface area contributed by atoms with Crippen molar-refractivity contribution in [1.29, 1.82) is 0 Å². The molecule has 4 rings (SSSR count). The fourth-order valence-corrected chi connectivity index (χ4v) is 1.76. The molecule has 0 spiro atoms. The Kier molecular flexibility index (Phi) is 7.09. The van der Waals surface area contributed by atoms with Gasteiger partial charge in [-0.1, -0.05) is 24.3 Å². The fourth-order valence-electron chi connectivity index (χ4n) is 1.76. The fraction of sp³-hybridized carbons (Fsp3) is 0. The summed E-state index contributed by atoms with van der Waals surface area (Å²) in [6.07, 6.45) is 3.40. The summed E-state index contributed by atoms with van der Waals surface area (Å²) in [7, 11) is 17.0. The molecule has 4 aromatic rings. The number of nitrogens with one attached hydrogen (secondary N) is 2. The van der Waals surface area contributed by atoms with Crippen LogP contribution in [0, 0.1) is 0 Å². The zero-order chi connectivity index (χ0) is 16.7. The molecule has 0 aliphatic rings. The van der Waals surface area contributed by atoms with Crippen molar-refractivity contribution in [3.05, 3.63) is 61.2 Å². The molecule has 0 saturated heterocycles. The van der Waals surface area contributed by atoms with Crippen molar-refractivity contribution in [2.24, 2.45) is 0 Å². The number of rotatable bonds is 0. The third-order valence-corrected chi connectivity index (χ3v) is 2.66. The predicted octanol–water partition coefficient (Wildman–Crippen LogP) is 5.88. The molecule has 23 heavy (non-hydrogen) atoms. The van der Waals surface area contributed by atoms with Crippen LogP contribution in [0.3, 0.4) is 0 Å². The Bertz CT molecular complexity index is 724. The first-order chi connectivity index (χ1) is 10.9. The number of halogens is 4. The van der Waals surface area contributed by atoms with Crippen LogP contribution in [-0.2, 0) is 10.2 Å². The van der Waals surface area contributed by atoms with Crippen LogP contribution in [0.15, 0.2) is 61.2 Å². The molecular formula is C14H12Cl4N4V. The van der Waals surface area contributed by atoms with Gasteiger partial charge in [-0.2, -0.15) is 0 Å². The number of nitrogens with zero attached hydrogens (tertiary/aromatic N) is 2. The quantitative estimate of drug-likeness (QED) is 0.367. The van der Waals surface area contributed by atoms with E-state index in [4.69, 9.17) is 39.4 Å². The maximum Gasteiger partial charge on any atom is 0.0931 e. The molecule has 2 aromatic heterocycles. The molecule has 0 saturated carbocycles. The molecule has 2 N–H and O–H groups in total. The van der Waals surface area contributed by atoms with E-state index in [9.17, 15) is 0 Å². The van der Waals surface area contributed by atoms with Gasteiger partial charge >= 0.3 is 49.6 Å². The summed E-state index contributed by atoms with van der Waals surface area (Å²) in [5.74, 6) is 0. The van der Waals surface area contributed by atoms with E-state index in [0.717, 1.165) is 22.1 Å². The van der Waals surface area contributed by atoms with E-state index in [1.54, 1.807) is 12.7 Å². The zero-order valence-electron chi connectivity index (χ0n) is 11.6. The summed E-state index contributed by atoms with van der Waals surface area (Å²) in [6, 6.07) is 15.9. The van der Waals surface area contributed by atoms with E-state index in [1.165, 1.54) is 0 Å². The molecule has 4 nitrogen and oxygen atoms in total. The van der Waals surface area contributed by atoms with Gasteiger partial charge in [0.25, 0.3) is 0 Å². The van der Waals surface area contributed by atoms with Gasteiger partial charge in [0.05, 0.1) is 34.7 Å². The van der Waals surface area contributed by atoms with Crippen molar-refractivity contribution in [2.45, 2.75) is 0 Å². The largest absolute Gasteiger partial charge is 0.345 e. The number of aromatic nitrogens is 4. The van der Waals surface area contributed by atoms with Gasteiger partial charge in [-0.05, 0) is 24.3 Å². The van der Waals surface area contributed by atoms with Crippen molar-refractivity contribution in [3.8, 4) is 0 Å².